The van der Waals surface area contributed by atoms with E-state index < -0.39 is 0 Å². The lowest BCUT2D eigenvalue weighted by Gasteiger charge is -2.22. The quantitative estimate of drug-likeness (QED) is 0.624. The molecular weight excluding hydrogens is 397 g/mol. The molecular formula is C20H18FN3O4S. The number of benzene rings is 2. The molecule has 0 saturated heterocycles. The molecule has 2 aromatic carbocycles. The minimum absolute atomic E-state index is 0.168. The number of ether oxygens (including phenoxy) is 3. The van der Waals surface area contributed by atoms with E-state index in [0.717, 1.165) is 5.56 Å². The summed E-state index contributed by atoms with van der Waals surface area (Å²) in [5.41, 5.74) is 1.50. The first-order valence-electron chi connectivity index (χ1n) is 8.76. The van der Waals surface area contributed by atoms with Gasteiger partial charge in [-0.25, -0.2) is 9.37 Å². The van der Waals surface area contributed by atoms with Crippen molar-refractivity contribution in [3.63, 3.8) is 0 Å². The average Bonchev–Trinajstić information content (AvgIpc) is 3.18. The molecule has 29 heavy (non-hydrogen) atoms. The molecule has 1 aliphatic heterocycles. The topological polar surface area (TPSA) is 75.5 Å². The van der Waals surface area contributed by atoms with Gasteiger partial charge >= 0.3 is 0 Å². The van der Waals surface area contributed by atoms with Crippen LogP contribution in [0.4, 0.5) is 4.39 Å². The van der Waals surface area contributed by atoms with Crippen molar-refractivity contribution in [2.45, 2.75) is 16.8 Å². The Morgan fingerprint density at radius 1 is 1.07 bits per heavy atom. The van der Waals surface area contributed by atoms with E-state index >= 15 is 0 Å². The number of nitrogens with zero attached hydrogens (tertiary/aromatic N) is 3. The van der Waals surface area contributed by atoms with Crippen molar-refractivity contribution in [2.75, 3.05) is 21.3 Å². The SMILES string of the molecule is COc1cc([C@H]2CC(=O)n3nc(-c4ccc(F)cc4)nc3S2)cc(OC)c1OC. The molecule has 0 saturated carbocycles. The van der Waals surface area contributed by atoms with Crippen LogP contribution in [-0.4, -0.2) is 42.0 Å². The minimum atomic E-state index is -0.342. The smallest absolute Gasteiger partial charge is 0.250 e. The van der Waals surface area contributed by atoms with E-state index in [0.29, 0.717) is 33.8 Å². The molecule has 1 aliphatic rings. The number of halogens is 1. The van der Waals surface area contributed by atoms with Gasteiger partial charge in [0.25, 0.3) is 5.91 Å². The normalized spacial score (nSPS) is 15.7. The number of methoxy groups -OCH3 is 3. The van der Waals surface area contributed by atoms with Crippen LogP contribution in [0.1, 0.15) is 22.0 Å². The maximum absolute atomic E-state index is 13.2. The predicted molar refractivity (Wildman–Crippen MR) is 105 cm³/mol. The lowest BCUT2D eigenvalue weighted by atomic mass is 10.1. The van der Waals surface area contributed by atoms with Gasteiger partial charge in [-0.05, 0) is 42.0 Å². The number of hydrogen-bond donors (Lipinski definition) is 0. The van der Waals surface area contributed by atoms with Gasteiger partial charge in [0, 0.05) is 17.2 Å². The van der Waals surface area contributed by atoms with E-state index in [2.05, 4.69) is 10.1 Å². The fourth-order valence-corrected chi connectivity index (χ4v) is 4.28. The van der Waals surface area contributed by atoms with Crippen LogP contribution in [0.2, 0.25) is 0 Å². The minimum Gasteiger partial charge on any atom is -0.493 e. The summed E-state index contributed by atoms with van der Waals surface area (Å²) in [6.07, 6.45) is 0.239. The lowest BCUT2D eigenvalue weighted by Crippen LogP contribution is -2.21. The van der Waals surface area contributed by atoms with Crippen molar-refractivity contribution in [1.82, 2.24) is 14.8 Å². The predicted octanol–water partition coefficient (Wildman–Crippen LogP) is 3.99. The van der Waals surface area contributed by atoms with Gasteiger partial charge in [0.2, 0.25) is 5.75 Å². The highest BCUT2D eigenvalue weighted by Gasteiger charge is 2.31. The number of rotatable bonds is 5. The van der Waals surface area contributed by atoms with Crippen LogP contribution in [0.3, 0.4) is 0 Å². The molecule has 0 amide bonds. The van der Waals surface area contributed by atoms with E-state index in [-0.39, 0.29) is 23.4 Å². The largest absolute Gasteiger partial charge is 0.493 e. The first-order valence-corrected chi connectivity index (χ1v) is 9.64. The van der Waals surface area contributed by atoms with Gasteiger partial charge in [-0.2, -0.15) is 4.68 Å². The molecule has 3 aromatic rings. The van der Waals surface area contributed by atoms with Crippen molar-refractivity contribution >= 4 is 17.7 Å². The highest BCUT2D eigenvalue weighted by atomic mass is 32.2. The first kappa shape index (κ1) is 19.3. The number of carbonyl (C=O) groups is 1. The van der Waals surface area contributed by atoms with Gasteiger partial charge in [-0.15, -0.1) is 5.10 Å². The van der Waals surface area contributed by atoms with E-state index in [1.165, 1.54) is 28.6 Å². The second-order valence-corrected chi connectivity index (χ2v) is 7.47. The Bertz CT molecular complexity index is 1040. The van der Waals surface area contributed by atoms with Gasteiger partial charge in [0.05, 0.1) is 21.3 Å². The summed E-state index contributed by atoms with van der Waals surface area (Å²) < 4.78 is 30.7. The number of thioether (sulfide) groups is 1. The summed E-state index contributed by atoms with van der Waals surface area (Å²) in [5, 5.41) is 4.60. The zero-order valence-corrected chi connectivity index (χ0v) is 16.8. The lowest BCUT2D eigenvalue weighted by molar-refractivity contribution is 0.0868. The van der Waals surface area contributed by atoms with E-state index in [1.54, 1.807) is 33.5 Å². The Morgan fingerprint density at radius 2 is 1.72 bits per heavy atom. The van der Waals surface area contributed by atoms with E-state index in [9.17, 15) is 9.18 Å². The zero-order chi connectivity index (χ0) is 20.5. The Labute approximate surface area is 170 Å². The van der Waals surface area contributed by atoms with Crippen LogP contribution >= 0.6 is 11.8 Å². The van der Waals surface area contributed by atoms with Crippen molar-refractivity contribution in [3.05, 3.63) is 47.8 Å². The monoisotopic (exact) mass is 415 g/mol. The maximum Gasteiger partial charge on any atom is 0.250 e. The molecule has 7 nitrogen and oxygen atoms in total. The summed E-state index contributed by atoms with van der Waals surface area (Å²) in [7, 11) is 4.63. The van der Waals surface area contributed by atoms with Crippen molar-refractivity contribution in [3.8, 4) is 28.6 Å². The van der Waals surface area contributed by atoms with Gasteiger partial charge in [0.1, 0.15) is 5.82 Å². The molecule has 0 spiro atoms. The van der Waals surface area contributed by atoms with Gasteiger partial charge in [0.15, 0.2) is 22.5 Å². The number of aromatic nitrogens is 3. The van der Waals surface area contributed by atoms with Gasteiger partial charge in [-0.3, -0.25) is 4.79 Å². The van der Waals surface area contributed by atoms with Gasteiger partial charge < -0.3 is 14.2 Å². The Balaban J connectivity index is 1.69. The third-order valence-corrected chi connectivity index (χ3v) is 5.78. The number of hydrogen-bond acceptors (Lipinski definition) is 7. The Hall–Kier alpha value is -3.07. The number of fused-ring (bicyclic) bond motifs is 1. The van der Waals surface area contributed by atoms with Crippen molar-refractivity contribution in [2.24, 2.45) is 0 Å². The zero-order valence-electron chi connectivity index (χ0n) is 16.0. The highest BCUT2D eigenvalue weighted by molar-refractivity contribution is 7.99. The van der Waals surface area contributed by atoms with Crippen LogP contribution in [0.25, 0.3) is 11.4 Å². The molecule has 0 N–H and O–H groups in total. The van der Waals surface area contributed by atoms with Crippen LogP contribution in [0, 0.1) is 5.82 Å². The molecule has 0 unspecified atom stereocenters. The highest BCUT2D eigenvalue weighted by Crippen LogP contribution is 2.46. The second kappa shape index (κ2) is 7.75. The molecule has 0 radical (unpaired) electrons. The third kappa shape index (κ3) is 3.53. The summed E-state index contributed by atoms with van der Waals surface area (Å²) >= 11 is 1.43. The molecule has 0 aliphatic carbocycles. The van der Waals surface area contributed by atoms with E-state index in [4.69, 9.17) is 14.2 Å². The molecule has 1 aromatic heterocycles. The fraction of sp³-hybridized carbons (Fsp3) is 0.250. The summed E-state index contributed by atoms with van der Waals surface area (Å²) in [6, 6.07) is 9.51. The second-order valence-electron chi connectivity index (χ2n) is 6.30. The van der Waals surface area contributed by atoms with Crippen molar-refractivity contribution < 1.29 is 23.4 Å². The molecule has 9 heteroatoms. The average molecular weight is 415 g/mol. The van der Waals surface area contributed by atoms with E-state index in [1.807, 2.05) is 12.1 Å². The standard InChI is InChI=1S/C20H18FN3O4S/c1-26-14-8-12(9-15(27-2)18(14)28-3)16-10-17(25)24-20(29-16)22-19(23-24)11-4-6-13(21)7-5-11/h4-9,16H,10H2,1-3H3/t16-/m1/s1. The summed E-state index contributed by atoms with van der Waals surface area (Å²) in [6.45, 7) is 0. The maximum atomic E-state index is 13.2. The molecule has 1 atom stereocenters. The summed E-state index contributed by atoms with van der Waals surface area (Å²) in [4.78, 5) is 17.2. The van der Waals surface area contributed by atoms with Crippen LogP contribution in [0.5, 0.6) is 17.2 Å². The fourth-order valence-electron chi connectivity index (χ4n) is 3.14. The number of carbonyl (C=O) groups excluding carboxylic acids is 1. The Morgan fingerprint density at radius 3 is 2.31 bits per heavy atom. The summed E-state index contributed by atoms with van der Waals surface area (Å²) in [5.74, 6) is 1.41. The Kier molecular flexibility index (Phi) is 5.14. The van der Waals surface area contributed by atoms with Crippen LogP contribution < -0.4 is 14.2 Å². The molecule has 2 heterocycles. The van der Waals surface area contributed by atoms with Crippen LogP contribution in [-0.2, 0) is 0 Å². The van der Waals surface area contributed by atoms with Crippen molar-refractivity contribution in [1.29, 1.82) is 0 Å². The third-order valence-electron chi connectivity index (χ3n) is 4.58. The first-order chi connectivity index (χ1) is 14.0. The molecule has 0 bridgehead atoms. The molecule has 4 rings (SSSR count). The van der Waals surface area contributed by atoms with Crippen LogP contribution in [0.15, 0.2) is 41.6 Å². The van der Waals surface area contributed by atoms with Gasteiger partial charge in [-0.1, -0.05) is 11.8 Å². The molecule has 150 valence electrons. The molecule has 0 fully saturated rings.